The molecule has 0 spiro atoms. The van der Waals surface area contributed by atoms with E-state index in [4.69, 9.17) is 4.42 Å². The van der Waals surface area contributed by atoms with Crippen molar-refractivity contribution in [3.63, 3.8) is 0 Å². The standard InChI is InChI=1S/C17H15NO3/c1-11-5-4-7-14(16(11)19)17(20)18-10-13-9-12-6-2-3-8-15(12)21-13/h2-9,19H,10H2,1H3,(H,18,20). The number of benzene rings is 2. The Hall–Kier alpha value is -2.75. The lowest BCUT2D eigenvalue weighted by molar-refractivity contribution is 0.0945. The molecule has 3 aromatic rings. The number of phenols is 1. The number of nitrogens with one attached hydrogen (secondary N) is 1. The number of carbonyl (C=O) groups is 1. The van der Waals surface area contributed by atoms with Gasteiger partial charge in [0.05, 0.1) is 12.1 Å². The van der Waals surface area contributed by atoms with E-state index in [1.807, 2.05) is 30.3 Å². The molecule has 1 aromatic heterocycles. The van der Waals surface area contributed by atoms with Crippen LogP contribution in [0.5, 0.6) is 5.75 Å². The fourth-order valence-electron chi connectivity index (χ4n) is 2.23. The summed E-state index contributed by atoms with van der Waals surface area (Å²) in [7, 11) is 0. The van der Waals surface area contributed by atoms with Gasteiger partial charge in [-0.25, -0.2) is 0 Å². The lowest BCUT2D eigenvalue weighted by Gasteiger charge is -2.07. The van der Waals surface area contributed by atoms with Crippen LogP contribution in [0.25, 0.3) is 11.0 Å². The molecule has 0 aliphatic rings. The van der Waals surface area contributed by atoms with Crippen LogP contribution in [-0.2, 0) is 6.54 Å². The molecule has 2 aromatic carbocycles. The number of aryl methyl sites for hydroxylation is 1. The number of carbonyl (C=O) groups excluding carboxylic acids is 1. The van der Waals surface area contributed by atoms with Crippen molar-refractivity contribution in [3.8, 4) is 5.75 Å². The van der Waals surface area contributed by atoms with Crippen LogP contribution in [0.3, 0.4) is 0 Å². The Kier molecular flexibility index (Phi) is 3.36. The van der Waals surface area contributed by atoms with Crippen molar-refractivity contribution in [1.29, 1.82) is 0 Å². The maximum Gasteiger partial charge on any atom is 0.255 e. The summed E-state index contributed by atoms with van der Waals surface area (Å²) in [5.41, 5.74) is 1.73. The van der Waals surface area contributed by atoms with Gasteiger partial charge in [-0.15, -0.1) is 0 Å². The lowest BCUT2D eigenvalue weighted by atomic mass is 10.1. The van der Waals surface area contributed by atoms with Gasteiger partial charge < -0.3 is 14.8 Å². The number of hydrogen-bond donors (Lipinski definition) is 2. The number of phenolic OH excluding ortho intramolecular Hbond substituents is 1. The van der Waals surface area contributed by atoms with Crippen molar-refractivity contribution in [1.82, 2.24) is 5.32 Å². The first-order chi connectivity index (χ1) is 10.1. The Labute approximate surface area is 122 Å². The van der Waals surface area contributed by atoms with Crippen LogP contribution < -0.4 is 5.32 Å². The second kappa shape index (κ2) is 5.32. The average molecular weight is 281 g/mol. The number of aromatic hydroxyl groups is 1. The molecule has 0 radical (unpaired) electrons. The van der Waals surface area contributed by atoms with E-state index >= 15 is 0 Å². The monoisotopic (exact) mass is 281 g/mol. The fraction of sp³-hybridized carbons (Fsp3) is 0.118. The summed E-state index contributed by atoms with van der Waals surface area (Å²) in [5, 5.41) is 13.6. The van der Waals surface area contributed by atoms with Gasteiger partial charge in [0.2, 0.25) is 0 Å². The predicted molar refractivity (Wildman–Crippen MR) is 80.2 cm³/mol. The zero-order chi connectivity index (χ0) is 14.8. The molecule has 1 amide bonds. The van der Waals surface area contributed by atoms with Crippen LogP contribution >= 0.6 is 0 Å². The Morgan fingerprint density at radius 1 is 1.19 bits per heavy atom. The number of hydrogen-bond acceptors (Lipinski definition) is 3. The summed E-state index contributed by atoms with van der Waals surface area (Å²) in [6.45, 7) is 2.03. The molecule has 0 aliphatic carbocycles. The third kappa shape index (κ3) is 2.60. The van der Waals surface area contributed by atoms with Crippen LogP contribution in [0.4, 0.5) is 0 Å². The van der Waals surface area contributed by atoms with Crippen LogP contribution in [0.15, 0.2) is 52.9 Å². The summed E-state index contributed by atoms with van der Waals surface area (Å²) in [6, 6.07) is 14.7. The van der Waals surface area contributed by atoms with E-state index in [1.165, 1.54) is 0 Å². The minimum atomic E-state index is -0.323. The third-order valence-electron chi connectivity index (χ3n) is 3.38. The van der Waals surface area contributed by atoms with E-state index < -0.39 is 0 Å². The first-order valence-electron chi connectivity index (χ1n) is 6.69. The first kappa shape index (κ1) is 13.2. The normalized spacial score (nSPS) is 10.7. The molecule has 21 heavy (non-hydrogen) atoms. The first-order valence-corrected chi connectivity index (χ1v) is 6.69. The van der Waals surface area contributed by atoms with Gasteiger partial charge in [-0.1, -0.05) is 30.3 Å². The zero-order valence-corrected chi connectivity index (χ0v) is 11.6. The molecule has 3 rings (SSSR count). The molecule has 0 fully saturated rings. The van der Waals surface area contributed by atoms with Gasteiger partial charge in [0.1, 0.15) is 17.1 Å². The van der Waals surface area contributed by atoms with Gasteiger partial charge in [-0.2, -0.15) is 0 Å². The number of fused-ring (bicyclic) bond motifs is 1. The molecule has 0 saturated carbocycles. The van der Waals surface area contributed by atoms with E-state index in [9.17, 15) is 9.90 Å². The molecule has 106 valence electrons. The highest BCUT2D eigenvalue weighted by molar-refractivity contribution is 5.97. The SMILES string of the molecule is Cc1cccc(C(=O)NCc2cc3ccccc3o2)c1O. The van der Waals surface area contributed by atoms with Crippen molar-refractivity contribution in [2.24, 2.45) is 0 Å². The van der Waals surface area contributed by atoms with E-state index in [1.54, 1.807) is 25.1 Å². The maximum absolute atomic E-state index is 12.1. The number of furan rings is 1. The second-order valence-electron chi connectivity index (χ2n) is 4.90. The van der Waals surface area contributed by atoms with E-state index in [0.717, 1.165) is 11.0 Å². The summed E-state index contributed by atoms with van der Waals surface area (Å²) in [6.07, 6.45) is 0. The quantitative estimate of drug-likeness (QED) is 0.773. The summed E-state index contributed by atoms with van der Waals surface area (Å²) in [5.74, 6) is 0.368. The van der Waals surface area contributed by atoms with Gasteiger partial charge in [0, 0.05) is 5.39 Å². The molecule has 0 aliphatic heterocycles. The highest BCUT2D eigenvalue weighted by Gasteiger charge is 2.13. The second-order valence-corrected chi connectivity index (χ2v) is 4.90. The highest BCUT2D eigenvalue weighted by atomic mass is 16.3. The molecule has 4 heteroatoms. The number of para-hydroxylation sites is 2. The predicted octanol–water partition coefficient (Wildman–Crippen LogP) is 3.38. The molecule has 0 saturated heterocycles. The molecule has 0 bridgehead atoms. The van der Waals surface area contributed by atoms with Crippen LogP contribution in [0.1, 0.15) is 21.7 Å². The Balaban J connectivity index is 1.75. The van der Waals surface area contributed by atoms with Crippen LogP contribution in [0, 0.1) is 6.92 Å². The maximum atomic E-state index is 12.1. The summed E-state index contributed by atoms with van der Waals surface area (Å²) >= 11 is 0. The van der Waals surface area contributed by atoms with Crippen molar-refractivity contribution < 1.29 is 14.3 Å². The average Bonchev–Trinajstić information content (AvgIpc) is 2.90. The summed E-state index contributed by atoms with van der Waals surface area (Å²) < 4.78 is 5.63. The molecule has 2 N–H and O–H groups in total. The van der Waals surface area contributed by atoms with Crippen molar-refractivity contribution in [3.05, 3.63) is 65.4 Å². The third-order valence-corrected chi connectivity index (χ3v) is 3.38. The minimum absolute atomic E-state index is 0.0135. The molecule has 4 nitrogen and oxygen atoms in total. The van der Waals surface area contributed by atoms with Gasteiger partial charge in [-0.05, 0) is 30.7 Å². The van der Waals surface area contributed by atoms with Crippen LogP contribution in [-0.4, -0.2) is 11.0 Å². The Bertz CT molecular complexity index is 772. The van der Waals surface area contributed by atoms with Crippen molar-refractivity contribution in [2.45, 2.75) is 13.5 Å². The van der Waals surface area contributed by atoms with Gasteiger partial charge in [0.25, 0.3) is 5.91 Å². The van der Waals surface area contributed by atoms with Crippen molar-refractivity contribution >= 4 is 16.9 Å². The topological polar surface area (TPSA) is 62.5 Å². The van der Waals surface area contributed by atoms with Crippen LogP contribution in [0.2, 0.25) is 0 Å². The fourth-order valence-corrected chi connectivity index (χ4v) is 2.23. The molecule has 0 atom stereocenters. The van der Waals surface area contributed by atoms with Gasteiger partial charge in [-0.3, -0.25) is 4.79 Å². The Morgan fingerprint density at radius 2 is 2.00 bits per heavy atom. The molecule has 0 unspecified atom stereocenters. The highest BCUT2D eigenvalue weighted by Crippen LogP contribution is 2.22. The molecule has 1 heterocycles. The number of rotatable bonds is 3. The van der Waals surface area contributed by atoms with E-state index in [-0.39, 0.29) is 23.8 Å². The van der Waals surface area contributed by atoms with Crippen molar-refractivity contribution in [2.75, 3.05) is 0 Å². The lowest BCUT2D eigenvalue weighted by Crippen LogP contribution is -2.22. The van der Waals surface area contributed by atoms with E-state index in [0.29, 0.717) is 11.3 Å². The van der Waals surface area contributed by atoms with E-state index in [2.05, 4.69) is 5.32 Å². The largest absolute Gasteiger partial charge is 0.507 e. The zero-order valence-electron chi connectivity index (χ0n) is 11.6. The molecular weight excluding hydrogens is 266 g/mol. The van der Waals surface area contributed by atoms with Gasteiger partial charge >= 0.3 is 0 Å². The number of amides is 1. The Morgan fingerprint density at radius 3 is 2.81 bits per heavy atom. The summed E-state index contributed by atoms with van der Waals surface area (Å²) in [4.78, 5) is 12.1. The molecular formula is C17H15NO3. The minimum Gasteiger partial charge on any atom is -0.507 e. The smallest absolute Gasteiger partial charge is 0.255 e. The van der Waals surface area contributed by atoms with Gasteiger partial charge in [0.15, 0.2) is 0 Å².